The molecular formula is C10H11ClN4. The van der Waals surface area contributed by atoms with Crippen molar-refractivity contribution in [3.8, 4) is 6.19 Å². The van der Waals surface area contributed by atoms with Gasteiger partial charge in [0.15, 0.2) is 0 Å². The molecule has 0 saturated carbocycles. The van der Waals surface area contributed by atoms with Crippen LogP contribution in [0.15, 0.2) is 23.3 Å². The summed E-state index contributed by atoms with van der Waals surface area (Å²) in [5, 5.41) is 8.87. The van der Waals surface area contributed by atoms with Crippen molar-refractivity contribution in [2.24, 2.45) is 4.99 Å². The smallest absolute Gasteiger partial charge is 0.207 e. The molecule has 1 aromatic rings. The molecule has 0 atom stereocenters. The quantitative estimate of drug-likeness (QED) is 0.256. The molecule has 0 saturated heterocycles. The molecule has 15 heavy (non-hydrogen) atoms. The van der Waals surface area contributed by atoms with Gasteiger partial charge in [-0.25, -0.2) is 4.98 Å². The number of hydrogen-bond acceptors (Lipinski definition) is 3. The highest BCUT2D eigenvalue weighted by molar-refractivity contribution is 6.29. The van der Waals surface area contributed by atoms with E-state index in [1.807, 2.05) is 18.0 Å². The first kappa shape index (κ1) is 11.5. The predicted molar refractivity (Wildman–Crippen MR) is 59.4 cm³/mol. The van der Waals surface area contributed by atoms with E-state index < -0.39 is 0 Å². The minimum atomic E-state index is 0.476. The van der Waals surface area contributed by atoms with E-state index in [9.17, 15) is 0 Å². The third kappa shape index (κ3) is 3.56. The molecule has 0 amide bonds. The summed E-state index contributed by atoms with van der Waals surface area (Å²) in [5.74, 6) is 0.674. The highest BCUT2D eigenvalue weighted by Crippen LogP contribution is 2.07. The molecule has 1 heterocycles. The normalized spacial score (nSPS) is 10.9. The summed E-state index contributed by atoms with van der Waals surface area (Å²) in [4.78, 5) is 9.48. The zero-order valence-corrected chi connectivity index (χ0v) is 9.36. The summed E-state index contributed by atoms with van der Waals surface area (Å²) in [6, 6.07) is 3.63. The molecule has 0 aromatic carbocycles. The van der Waals surface area contributed by atoms with Crippen molar-refractivity contribution >= 4 is 17.4 Å². The molecule has 0 aliphatic carbocycles. The lowest BCUT2D eigenvalue weighted by Crippen LogP contribution is -2.23. The Bertz CT molecular complexity index is 391. The van der Waals surface area contributed by atoms with Crippen molar-refractivity contribution < 1.29 is 0 Å². The molecular weight excluding hydrogens is 218 g/mol. The highest BCUT2D eigenvalue weighted by atomic mass is 35.5. The number of pyridine rings is 1. The third-order valence-corrected chi connectivity index (χ3v) is 2.20. The SMILES string of the molecule is CC(=NC#N)N(C)[13CH2][13c]1[13cH][13cH][13c](Cl)n[13cH]1. The average Bonchev–Trinajstić information content (AvgIpc) is 2.22. The number of nitrogens with zero attached hydrogens (tertiary/aromatic N) is 4. The van der Waals surface area contributed by atoms with E-state index in [0.29, 0.717) is 17.5 Å². The molecule has 0 bridgehead atoms. The standard InChI is InChI=1S/C10H11ClN4/c1-8(14-7-12)15(2)6-9-3-4-10(11)13-5-9/h3-5H,6H2,1-2H3/i3+1,4+1,5+1,6+1,9+1,10+1. The molecule has 0 N–H and O–H groups in total. The number of halogens is 1. The second-order valence-electron chi connectivity index (χ2n) is 3.10. The maximum atomic E-state index is 8.39. The maximum absolute atomic E-state index is 8.39. The van der Waals surface area contributed by atoms with Gasteiger partial charge in [0.05, 0.1) is 0 Å². The predicted octanol–water partition coefficient (Wildman–Crippen LogP) is 2.07. The first-order chi connectivity index (χ1) is 7.13. The van der Waals surface area contributed by atoms with Crippen molar-refractivity contribution in [3.05, 3.63) is 29.0 Å². The van der Waals surface area contributed by atoms with Gasteiger partial charge in [-0.05, 0) is 18.6 Å². The van der Waals surface area contributed by atoms with E-state index >= 15 is 0 Å². The third-order valence-electron chi connectivity index (χ3n) is 1.97. The molecule has 0 fully saturated rings. The molecule has 0 aliphatic heterocycles. The number of hydrogen-bond donors (Lipinski definition) is 0. The number of aliphatic imine (C=N–C) groups is 1. The van der Waals surface area contributed by atoms with Gasteiger partial charge in [-0.3, -0.25) is 0 Å². The van der Waals surface area contributed by atoms with Gasteiger partial charge in [0, 0.05) is 19.8 Å². The van der Waals surface area contributed by atoms with Crippen LogP contribution in [0.1, 0.15) is 12.5 Å². The molecule has 0 spiro atoms. The Morgan fingerprint density at radius 3 is 2.93 bits per heavy atom. The van der Waals surface area contributed by atoms with Crippen molar-refractivity contribution in [2.45, 2.75) is 13.5 Å². The summed E-state index contributed by atoms with van der Waals surface area (Å²) in [7, 11) is 1.87. The highest BCUT2D eigenvalue weighted by Gasteiger charge is 2.02. The summed E-state index contributed by atoms with van der Waals surface area (Å²) in [6.45, 7) is 2.44. The fraction of sp³-hybridized carbons (Fsp3) is 0.300. The number of aromatic nitrogens is 1. The lowest BCUT2D eigenvalue weighted by atomic mass is 10.6. The van der Waals surface area contributed by atoms with Gasteiger partial charge < -0.3 is 4.90 Å². The minimum absolute atomic E-state index is 0.476. The average molecular weight is 229 g/mol. The zero-order chi connectivity index (χ0) is 11.3. The van der Waals surface area contributed by atoms with Crippen molar-refractivity contribution in [2.75, 3.05) is 7.05 Å². The first-order valence-electron chi connectivity index (χ1n) is 4.38. The topological polar surface area (TPSA) is 52.3 Å². The van der Waals surface area contributed by atoms with Crippen LogP contribution in [0.2, 0.25) is 5.15 Å². The first-order valence-corrected chi connectivity index (χ1v) is 4.76. The van der Waals surface area contributed by atoms with Crippen LogP contribution >= 0.6 is 11.6 Å². The second kappa shape index (κ2) is 5.32. The Labute approximate surface area is 93.8 Å². The molecule has 0 unspecified atom stereocenters. The summed E-state index contributed by atoms with van der Waals surface area (Å²) < 4.78 is 0. The van der Waals surface area contributed by atoms with Crippen LogP contribution in [-0.4, -0.2) is 22.8 Å². The van der Waals surface area contributed by atoms with Crippen LogP contribution in [0.4, 0.5) is 0 Å². The van der Waals surface area contributed by atoms with E-state index in [1.54, 1.807) is 25.4 Å². The lowest BCUT2D eigenvalue weighted by molar-refractivity contribution is 0.497. The van der Waals surface area contributed by atoms with Crippen LogP contribution in [0.25, 0.3) is 0 Å². The number of rotatable bonds is 2. The monoisotopic (exact) mass is 228 g/mol. The number of nitriles is 1. The van der Waals surface area contributed by atoms with Crippen LogP contribution < -0.4 is 0 Å². The zero-order valence-electron chi connectivity index (χ0n) is 8.61. The van der Waals surface area contributed by atoms with Crippen molar-refractivity contribution in [1.29, 1.82) is 5.26 Å². The molecule has 0 radical (unpaired) electrons. The van der Waals surface area contributed by atoms with Gasteiger partial charge in [-0.2, -0.15) is 10.3 Å². The van der Waals surface area contributed by atoms with Crippen molar-refractivity contribution in [1.82, 2.24) is 9.88 Å². The fourth-order valence-corrected chi connectivity index (χ4v) is 1.16. The summed E-state index contributed by atoms with van der Waals surface area (Å²) in [6.07, 6.45) is 3.46. The lowest BCUT2D eigenvalue weighted by Gasteiger charge is -2.17. The van der Waals surface area contributed by atoms with Gasteiger partial charge in [-0.1, -0.05) is 17.7 Å². The molecule has 1 aromatic heterocycles. The van der Waals surface area contributed by atoms with E-state index in [0.717, 1.165) is 5.56 Å². The maximum Gasteiger partial charge on any atom is 0.207 e. The Morgan fingerprint density at radius 2 is 2.40 bits per heavy atom. The van der Waals surface area contributed by atoms with Crippen LogP contribution in [-0.2, 0) is 6.54 Å². The van der Waals surface area contributed by atoms with Gasteiger partial charge >= 0.3 is 0 Å². The van der Waals surface area contributed by atoms with Crippen molar-refractivity contribution in [3.63, 3.8) is 0 Å². The van der Waals surface area contributed by atoms with Crippen LogP contribution in [0, 0.1) is 11.5 Å². The summed E-state index contributed by atoms with van der Waals surface area (Å²) >= 11 is 5.67. The molecule has 4 nitrogen and oxygen atoms in total. The van der Waals surface area contributed by atoms with Gasteiger partial charge in [0.25, 0.3) is 0 Å². The Balaban J connectivity index is 2.67. The molecule has 1 rings (SSSR count). The van der Waals surface area contributed by atoms with E-state index in [-0.39, 0.29) is 0 Å². The van der Waals surface area contributed by atoms with E-state index in [4.69, 9.17) is 16.9 Å². The number of amidine groups is 1. The largest absolute Gasteiger partial charge is 0.358 e. The minimum Gasteiger partial charge on any atom is -0.358 e. The van der Waals surface area contributed by atoms with Gasteiger partial charge in [-0.15, -0.1) is 0 Å². The Hall–Kier alpha value is -1.60. The molecule has 0 aliphatic rings. The van der Waals surface area contributed by atoms with Crippen LogP contribution in [0.3, 0.4) is 0 Å². The van der Waals surface area contributed by atoms with E-state index in [2.05, 4.69) is 9.98 Å². The molecule has 78 valence electrons. The Morgan fingerprint density at radius 1 is 1.67 bits per heavy atom. The summed E-state index contributed by atoms with van der Waals surface area (Å²) in [5.41, 5.74) is 1.02. The van der Waals surface area contributed by atoms with Crippen LogP contribution in [0.5, 0.6) is 0 Å². The second-order valence-corrected chi connectivity index (χ2v) is 3.49. The van der Waals surface area contributed by atoms with Gasteiger partial charge in [0.2, 0.25) is 6.19 Å². The van der Waals surface area contributed by atoms with E-state index in [1.165, 1.54) is 0 Å². The Kier molecular flexibility index (Phi) is 4.07. The van der Waals surface area contributed by atoms with Gasteiger partial charge in [0.1, 0.15) is 11.0 Å². The molecule has 5 heteroatoms. The fourth-order valence-electron chi connectivity index (χ4n) is 1.05.